The minimum atomic E-state index is -0.888. The molecule has 0 saturated heterocycles. The molecule has 0 heterocycles. The second kappa shape index (κ2) is 9.70. The van der Waals surface area contributed by atoms with E-state index in [4.69, 9.17) is 15.2 Å². The number of benzene rings is 1. The van der Waals surface area contributed by atoms with Gasteiger partial charge in [0.25, 0.3) is 0 Å². The van der Waals surface area contributed by atoms with E-state index < -0.39 is 5.54 Å². The average Bonchev–Trinajstić information content (AvgIpc) is 2.60. The number of hydrogen-bond acceptors (Lipinski definition) is 4. The zero-order valence-corrected chi connectivity index (χ0v) is 17.2. The number of carbonyl (C=O) groups is 1. The first-order chi connectivity index (χ1) is 11.9. The lowest BCUT2D eigenvalue weighted by atomic mass is 9.54. The van der Waals surface area contributed by atoms with Gasteiger partial charge in [0.1, 0.15) is 5.54 Å². The average molecular weight is 385 g/mol. The van der Waals surface area contributed by atoms with Gasteiger partial charge in [-0.15, -0.1) is 12.4 Å². The fourth-order valence-corrected chi connectivity index (χ4v) is 3.35. The summed E-state index contributed by atoms with van der Waals surface area (Å²) in [5.74, 6) is -0.113. The van der Waals surface area contributed by atoms with Gasteiger partial charge in [-0.1, -0.05) is 45.0 Å². The maximum Gasteiger partial charge on any atom is 0.241 e. The quantitative estimate of drug-likeness (QED) is 0.641. The molecule has 1 aliphatic rings. The highest BCUT2D eigenvalue weighted by Crippen LogP contribution is 2.49. The van der Waals surface area contributed by atoms with Crippen molar-refractivity contribution in [2.24, 2.45) is 11.1 Å². The standard InChI is InChI=1S/C20H32N2O3.ClH/c1-5-11-24-14-16-10-8-7-9-15(16)13-22-18(23)20(21)12-17(25-6-2)19(20,3)4;/h7-10,17H,5-6,11-14,21H2,1-4H3,(H,22,23);1H. The van der Waals surface area contributed by atoms with Crippen LogP contribution in [0.15, 0.2) is 24.3 Å². The van der Waals surface area contributed by atoms with Crippen molar-refractivity contribution in [3.63, 3.8) is 0 Å². The van der Waals surface area contributed by atoms with Crippen LogP contribution >= 0.6 is 12.4 Å². The molecule has 148 valence electrons. The molecule has 26 heavy (non-hydrogen) atoms. The topological polar surface area (TPSA) is 73.6 Å². The van der Waals surface area contributed by atoms with E-state index in [1.165, 1.54) is 0 Å². The van der Waals surface area contributed by atoms with Gasteiger partial charge >= 0.3 is 0 Å². The third-order valence-corrected chi connectivity index (χ3v) is 5.40. The number of rotatable bonds is 9. The van der Waals surface area contributed by atoms with Crippen molar-refractivity contribution in [2.45, 2.75) is 65.3 Å². The summed E-state index contributed by atoms with van der Waals surface area (Å²) >= 11 is 0. The molecule has 2 atom stereocenters. The van der Waals surface area contributed by atoms with E-state index >= 15 is 0 Å². The van der Waals surface area contributed by atoms with Crippen LogP contribution in [0.2, 0.25) is 0 Å². The fourth-order valence-electron chi connectivity index (χ4n) is 3.35. The molecule has 1 fully saturated rings. The second-order valence-electron chi connectivity index (χ2n) is 7.35. The summed E-state index contributed by atoms with van der Waals surface area (Å²) < 4.78 is 11.3. The van der Waals surface area contributed by atoms with Crippen LogP contribution in [0.25, 0.3) is 0 Å². The number of ether oxygens (including phenoxy) is 2. The zero-order valence-electron chi connectivity index (χ0n) is 16.3. The maximum absolute atomic E-state index is 12.7. The van der Waals surface area contributed by atoms with Gasteiger partial charge in [-0.05, 0) is 24.5 Å². The molecule has 0 aromatic heterocycles. The Bertz CT molecular complexity index is 594. The van der Waals surface area contributed by atoms with E-state index in [0.29, 0.717) is 26.2 Å². The van der Waals surface area contributed by atoms with Crippen LogP contribution in [0.1, 0.15) is 51.7 Å². The molecule has 1 saturated carbocycles. The van der Waals surface area contributed by atoms with Gasteiger partial charge < -0.3 is 20.5 Å². The summed E-state index contributed by atoms with van der Waals surface area (Å²) in [5.41, 5.74) is 7.33. The van der Waals surface area contributed by atoms with Crippen LogP contribution in [0.5, 0.6) is 0 Å². The molecule has 0 bridgehead atoms. The van der Waals surface area contributed by atoms with Gasteiger partial charge in [0.2, 0.25) is 5.91 Å². The highest BCUT2D eigenvalue weighted by Gasteiger charge is 2.62. The molecule has 1 aromatic carbocycles. The van der Waals surface area contributed by atoms with E-state index in [2.05, 4.69) is 12.2 Å². The van der Waals surface area contributed by atoms with Crippen molar-refractivity contribution < 1.29 is 14.3 Å². The summed E-state index contributed by atoms with van der Waals surface area (Å²) in [6.07, 6.45) is 1.58. The summed E-state index contributed by atoms with van der Waals surface area (Å²) in [4.78, 5) is 12.7. The minimum absolute atomic E-state index is 0. The van der Waals surface area contributed by atoms with Gasteiger partial charge in [0, 0.05) is 31.6 Å². The number of amides is 1. The van der Waals surface area contributed by atoms with Crippen molar-refractivity contribution in [3.8, 4) is 0 Å². The van der Waals surface area contributed by atoms with Gasteiger partial charge in [-0.2, -0.15) is 0 Å². The minimum Gasteiger partial charge on any atom is -0.378 e. The Morgan fingerprint density at radius 2 is 1.92 bits per heavy atom. The summed E-state index contributed by atoms with van der Waals surface area (Å²) in [6.45, 7) is 10.4. The first-order valence-electron chi connectivity index (χ1n) is 9.20. The Labute approximate surface area is 163 Å². The molecule has 1 amide bonds. The fraction of sp³-hybridized carbons (Fsp3) is 0.650. The maximum atomic E-state index is 12.7. The van der Waals surface area contributed by atoms with Crippen LogP contribution in [0.4, 0.5) is 0 Å². The molecule has 0 radical (unpaired) electrons. The predicted molar refractivity (Wildman–Crippen MR) is 106 cm³/mol. The van der Waals surface area contributed by atoms with Crippen LogP contribution in [-0.2, 0) is 27.4 Å². The Hall–Kier alpha value is -1.14. The summed E-state index contributed by atoms with van der Waals surface area (Å²) in [6, 6.07) is 8.01. The molecular weight excluding hydrogens is 352 g/mol. The Kier molecular flexibility index (Phi) is 8.54. The SMILES string of the molecule is CCCOCc1ccccc1CNC(=O)C1(N)CC(OCC)C1(C)C.Cl. The molecule has 3 N–H and O–H groups in total. The Morgan fingerprint density at radius 3 is 2.50 bits per heavy atom. The number of nitrogens with one attached hydrogen (secondary N) is 1. The highest BCUT2D eigenvalue weighted by atomic mass is 35.5. The van der Waals surface area contributed by atoms with E-state index in [1.807, 2.05) is 45.0 Å². The first-order valence-corrected chi connectivity index (χ1v) is 9.20. The number of hydrogen-bond donors (Lipinski definition) is 2. The van der Waals surface area contributed by atoms with Crippen molar-refractivity contribution in [3.05, 3.63) is 35.4 Å². The van der Waals surface area contributed by atoms with E-state index in [0.717, 1.165) is 24.2 Å². The number of nitrogens with two attached hydrogens (primary N) is 1. The van der Waals surface area contributed by atoms with Crippen LogP contribution in [0.3, 0.4) is 0 Å². The van der Waals surface area contributed by atoms with E-state index in [1.54, 1.807) is 0 Å². The van der Waals surface area contributed by atoms with Gasteiger partial charge in [-0.3, -0.25) is 4.79 Å². The monoisotopic (exact) mass is 384 g/mol. The zero-order chi connectivity index (χ0) is 18.5. The van der Waals surface area contributed by atoms with Crippen molar-refractivity contribution >= 4 is 18.3 Å². The number of carbonyl (C=O) groups excluding carboxylic acids is 1. The van der Waals surface area contributed by atoms with E-state index in [-0.39, 0.29) is 29.8 Å². The molecule has 2 rings (SSSR count). The number of halogens is 1. The lowest BCUT2D eigenvalue weighted by Gasteiger charge is -2.57. The van der Waals surface area contributed by atoms with Gasteiger partial charge in [0.15, 0.2) is 0 Å². The normalized spacial score (nSPS) is 23.7. The van der Waals surface area contributed by atoms with Gasteiger partial charge in [0.05, 0.1) is 12.7 Å². The molecule has 6 heteroatoms. The molecule has 2 unspecified atom stereocenters. The predicted octanol–water partition coefficient (Wildman–Crippen LogP) is 3.18. The molecule has 1 aromatic rings. The summed E-state index contributed by atoms with van der Waals surface area (Å²) in [7, 11) is 0. The van der Waals surface area contributed by atoms with Crippen molar-refractivity contribution in [1.82, 2.24) is 5.32 Å². The third-order valence-electron chi connectivity index (χ3n) is 5.40. The highest BCUT2D eigenvalue weighted by molar-refractivity contribution is 5.88. The molecular formula is C20H33ClN2O3. The molecule has 0 spiro atoms. The largest absolute Gasteiger partial charge is 0.378 e. The Morgan fingerprint density at radius 1 is 1.27 bits per heavy atom. The van der Waals surface area contributed by atoms with Crippen molar-refractivity contribution in [1.29, 1.82) is 0 Å². The Balaban J connectivity index is 0.00000338. The second-order valence-corrected chi connectivity index (χ2v) is 7.35. The molecule has 5 nitrogen and oxygen atoms in total. The van der Waals surface area contributed by atoms with Crippen LogP contribution < -0.4 is 11.1 Å². The third kappa shape index (κ3) is 4.58. The first kappa shape index (κ1) is 22.9. The lowest BCUT2D eigenvalue weighted by Crippen LogP contribution is -2.75. The van der Waals surface area contributed by atoms with Gasteiger partial charge in [-0.25, -0.2) is 0 Å². The van der Waals surface area contributed by atoms with Crippen LogP contribution in [0, 0.1) is 5.41 Å². The lowest BCUT2D eigenvalue weighted by molar-refractivity contribution is -0.170. The molecule has 0 aliphatic heterocycles. The summed E-state index contributed by atoms with van der Waals surface area (Å²) in [5, 5.41) is 3.02. The molecule has 1 aliphatic carbocycles. The smallest absolute Gasteiger partial charge is 0.241 e. The van der Waals surface area contributed by atoms with Crippen molar-refractivity contribution in [2.75, 3.05) is 13.2 Å². The van der Waals surface area contributed by atoms with Crippen LogP contribution in [-0.4, -0.2) is 30.8 Å². The van der Waals surface area contributed by atoms with E-state index in [9.17, 15) is 4.79 Å².